The van der Waals surface area contributed by atoms with Crippen molar-refractivity contribution in [2.75, 3.05) is 13.8 Å². The topological polar surface area (TPSA) is 89.0 Å². The second-order valence-electron chi connectivity index (χ2n) is 5.03. The first kappa shape index (κ1) is 15.3. The molecule has 2 aromatic rings. The van der Waals surface area contributed by atoms with Crippen molar-refractivity contribution in [3.05, 3.63) is 29.3 Å². The lowest BCUT2D eigenvalue weighted by Crippen LogP contribution is -2.39. The molecule has 0 aliphatic carbocycles. The summed E-state index contributed by atoms with van der Waals surface area (Å²) in [6, 6.07) is 4.53. The van der Waals surface area contributed by atoms with Crippen LogP contribution in [0.4, 0.5) is 0 Å². The Bertz CT molecular complexity index is 773. The van der Waals surface area contributed by atoms with Crippen molar-refractivity contribution in [2.45, 2.75) is 13.0 Å². The smallest absolute Gasteiger partial charge is 0.326 e. The Kier molecular flexibility index (Phi) is 3.91. The number of ether oxygens (including phenoxy) is 2. The molecule has 1 aromatic heterocycles. The second-order valence-corrected chi connectivity index (χ2v) is 6.06. The third-order valence-corrected chi connectivity index (χ3v) is 4.63. The van der Waals surface area contributed by atoms with Crippen LogP contribution in [-0.2, 0) is 4.79 Å². The van der Waals surface area contributed by atoms with Crippen molar-refractivity contribution in [1.82, 2.24) is 9.88 Å². The van der Waals surface area contributed by atoms with Crippen LogP contribution in [0.2, 0.25) is 0 Å². The average Bonchev–Trinajstić information content (AvgIpc) is 3.20. The van der Waals surface area contributed by atoms with E-state index in [-0.39, 0.29) is 12.7 Å². The van der Waals surface area contributed by atoms with Crippen molar-refractivity contribution >= 4 is 23.2 Å². The van der Waals surface area contributed by atoms with Crippen LogP contribution >= 0.6 is 11.3 Å². The molecule has 1 atom stereocenters. The molecule has 0 saturated carbocycles. The largest absolute Gasteiger partial charge is 0.480 e. The SMILES string of the molecule is CC(C(=O)O)N(C)C(=O)c1cnc(-c2ccc3c(c2)OCO3)s1. The van der Waals surface area contributed by atoms with Crippen molar-refractivity contribution in [3.8, 4) is 22.1 Å². The predicted octanol–water partition coefficient (Wildman–Crippen LogP) is 2.08. The number of hydrogen-bond acceptors (Lipinski definition) is 6. The van der Waals surface area contributed by atoms with E-state index in [2.05, 4.69) is 4.98 Å². The lowest BCUT2D eigenvalue weighted by atomic mass is 10.2. The molecule has 1 aromatic carbocycles. The molecule has 120 valence electrons. The third-order valence-electron chi connectivity index (χ3n) is 3.59. The van der Waals surface area contributed by atoms with Crippen LogP contribution in [0, 0.1) is 0 Å². The average molecular weight is 334 g/mol. The van der Waals surface area contributed by atoms with Crippen molar-refractivity contribution < 1.29 is 24.2 Å². The van der Waals surface area contributed by atoms with Crippen molar-refractivity contribution in [3.63, 3.8) is 0 Å². The van der Waals surface area contributed by atoms with Gasteiger partial charge in [-0.05, 0) is 25.1 Å². The first-order valence-electron chi connectivity index (χ1n) is 6.83. The van der Waals surface area contributed by atoms with Crippen LogP contribution in [0.25, 0.3) is 10.6 Å². The molecule has 2 heterocycles. The van der Waals surface area contributed by atoms with E-state index in [9.17, 15) is 9.59 Å². The first-order chi connectivity index (χ1) is 11.0. The number of carbonyl (C=O) groups is 2. The van der Waals surface area contributed by atoms with E-state index in [1.807, 2.05) is 6.07 Å². The van der Waals surface area contributed by atoms with Crippen molar-refractivity contribution in [1.29, 1.82) is 0 Å². The minimum Gasteiger partial charge on any atom is -0.480 e. The van der Waals surface area contributed by atoms with Gasteiger partial charge in [-0.15, -0.1) is 11.3 Å². The van der Waals surface area contributed by atoms with Crippen molar-refractivity contribution in [2.24, 2.45) is 0 Å². The zero-order chi connectivity index (χ0) is 16.6. The molecule has 1 aliphatic heterocycles. The molecular formula is C15H14N2O5S. The molecular weight excluding hydrogens is 320 g/mol. The summed E-state index contributed by atoms with van der Waals surface area (Å²) in [7, 11) is 1.46. The number of aliphatic carboxylic acids is 1. The summed E-state index contributed by atoms with van der Waals surface area (Å²) in [5, 5.41) is 9.64. The first-order valence-corrected chi connectivity index (χ1v) is 7.65. The highest BCUT2D eigenvalue weighted by Gasteiger charge is 2.24. The highest BCUT2D eigenvalue weighted by Crippen LogP contribution is 2.37. The van der Waals surface area contributed by atoms with E-state index in [4.69, 9.17) is 14.6 Å². The highest BCUT2D eigenvalue weighted by atomic mass is 32.1. The molecule has 7 nitrogen and oxygen atoms in total. The summed E-state index contributed by atoms with van der Waals surface area (Å²) in [5.41, 5.74) is 0.812. The van der Waals surface area contributed by atoms with E-state index >= 15 is 0 Å². The van der Waals surface area contributed by atoms with Gasteiger partial charge in [-0.25, -0.2) is 9.78 Å². The summed E-state index contributed by atoms with van der Waals surface area (Å²) in [6.45, 7) is 1.65. The number of carboxylic acids is 1. The Morgan fingerprint density at radius 3 is 2.83 bits per heavy atom. The zero-order valence-corrected chi connectivity index (χ0v) is 13.3. The maximum absolute atomic E-state index is 12.3. The van der Waals surface area contributed by atoms with Gasteiger partial charge in [0.2, 0.25) is 6.79 Å². The molecule has 1 aliphatic rings. The van der Waals surface area contributed by atoms with Gasteiger partial charge in [-0.2, -0.15) is 0 Å². The Morgan fingerprint density at radius 2 is 2.09 bits per heavy atom. The number of amides is 1. The van der Waals surface area contributed by atoms with Gasteiger partial charge in [0.15, 0.2) is 11.5 Å². The highest BCUT2D eigenvalue weighted by molar-refractivity contribution is 7.16. The van der Waals surface area contributed by atoms with Gasteiger partial charge in [0, 0.05) is 12.6 Å². The second kappa shape index (κ2) is 5.88. The quantitative estimate of drug-likeness (QED) is 0.921. The van der Waals surface area contributed by atoms with Gasteiger partial charge in [0.25, 0.3) is 5.91 Å². The van der Waals surface area contributed by atoms with Gasteiger partial charge in [0.1, 0.15) is 15.9 Å². The minimum absolute atomic E-state index is 0.193. The van der Waals surface area contributed by atoms with E-state index in [1.165, 1.54) is 36.4 Å². The molecule has 23 heavy (non-hydrogen) atoms. The molecule has 0 saturated heterocycles. The summed E-state index contributed by atoms with van der Waals surface area (Å²) in [4.78, 5) is 29.1. The molecule has 1 unspecified atom stereocenters. The van der Waals surface area contributed by atoms with Gasteiger partial charge in [-0.1, -0.05) is 0 Å². The number of aromatic nitrogens is 1. The van der Waals surface area contributed by atoms with Gasteiger partial charge >= 0.3 is 5.97 Å². The predicted molar refractivity (Wildman–Crippen MR) is 82.9 cm³/mol. The number of rotatable bonds is 4. The summed E-state index contributed by atoms with van der Waals surface area (Å²) >= 11 is 1.21. The van der Waals surface area contributed by atoms with Crippen LogP contribution in [0.1, 0.15) is 16.6 Å². The summed E-state index contributed by atoms with van der Waals surface area (Å²) in [6.07, 6.45) is 1.46. The number of carboxylic acid groups (broad SMARTS) is 1. The molecule has 8 heteroatoms. The molecule has 0 spiro atoms. The zero-order valence-electron chi connectivity index (χ0n) is 12.5. The number of hydrogen-bond donors (Lipinski definition) is 1. The normalized spacial score (nSPS) is 13.7. The maximum atomic E-state index is 12.3. The Hall–Kier alpha value is -2.61. The number of likely N-dealkylation sites (N-methyl/N-ethyl adjacent to an activating group) is 1. The number of nitrogens with zero attached hydrogens (tertiary/aromatic N) is 2. The molecule has 0 bridgehead atoms. The number of fused-ring (bicyclic) bond motifs is 1. The van der Waals surface area contributed by atoms with Gasteiger partial charge < -0.3 is 19.5 Å². The summed E-state index contributed by atoms with van der Waals surface area (Å²) < 4.78 is 10.6. The lowest BCUT2D eigenvalue weighted by Gasteiger charge is -2.20. The lowest BCUT2D eigenvalue weighted by molar-refractivity contribution is -0.141. The number of carbonyl (C=O) groups excluding carboxylic acids is 1. The fourth-order valence-electron chi connectivity index (χ4n) is 2.05. The van der Waals surface area contributed by atoms with Gasteiger partial charge in [0.05, 0.1) is 6.20 Å². The van der Waals surface area contributed by atoms with Gasteiger partial charge in [-0.3, -0.25) is 4.79 Å². The number of thiazole rings is 1. The van der Waals surface area contributed by atoms with E-state index in [0.717, 1.165) is 5.56 Å². The van der Waals surface area contributed by atoms with E-state index in [1.54, 1.807) is 12.1 Å². The minimum atomic E-state index is -1.05. The third kappa shape index (κ3) is 2.85. The molecule has 1 amide bonds. The monoisotopic (exact) mass is 334 g/mol. The molecule has 0 radical (unpaired) electrons. The fraction of sp³-hybridized carbons (Fsp3) is 0.267. The summed E-state index contributed by atoms with van der Waals surface area (Å²) in [5.74, 6) is -0.107. The van der Waals surface area contributed by atoms with Crippen LogP contribution in [-0.4, -0.2) is 46.7 Å². The van der Waals surface area contributed by atoms with Crippen LogP contribution in [0.15, 0.2) is 24.4 Å². The fourth-order valence-corrected chi connectivity index (χ4v) is 2.95. The van der Waals surface area contributed by atoms with Crippen LogP contribution in [0.5, 0.6) is 11.5 Å². The van der Waals surface area contributed by atoms with Crippen LogP contribution in [0.3, 0.4) is 0 Å². The Balaban J connectivity index is 1.83. The molecule has 1 N–H and O–H groups in total. The van der Waals surface area contributed by atoms with E-state index < -0.39 is 12.0 Å². The molecule has 3 rings (SSSR count). The Morgan fingerprint density at radius 1 is 1.35 bits per heavy atom. The Labute approximate surface area is 136 Å². The molecule has 0 fully saturated rings. The van der Waals surface area contributed by atoms with E-state index in [0.29, 0.717) is 21.4 Å². The maximum Gasteiger partial charge on any atom is 0.326 e. The van der Waals surface area contributed by atoms with Crippen LogP contribution < -0.4 is 9.47 Å². The number of benzene rings is 1. The standard InChI is InChI=1S/C15H14N2O5S/c1-8(15(19)20)17(2)14(18)12-6-16-13(23-12)9-3-4-10-11(5-9)22-7-21-10/h3-6,8H,7H2,1-2H3,(H,19,20).